The van der Waals surface area contributed by atoms with E-state index in [1.807, 2.05) is 24.3 Å². The van der Waals surface area contributed by atoms with E-state index in [2.05, 4.69) is 26.1 Å². The van der Waals surface area contributed by atoms with Gasteiger partial charge in [-0.25, -0.2) is 0 Å². The minimum absolute atomic E-state index is 0.199. The second kappa shape index (κ2) is 7.98. The van der Waals surface area contributed by atoms with Crippen LogP contribution in [0.4, 0.5) is 0 Å². The van der Waals surface area contributed by atoms with Crippen molar-refractivity contribution in [2.24, 2.45) is 5.92 Å². The lowest BCUT2D eigenvalue weighted by Gasteiger charge is -2.23. The van der Waals surface area contributed by atoms with E-state index in [-0.39, 0.29) is 6.10 Å². The molecule has 1 rings (SSSR count). The fraction of sp³-hybridized carbons (Fsp3) is 0.600. The molecule has 0 aliphatic rings. The smallest absolute Gasteiger partial charge is 0.120 e. The Morgan fingerprint density at radius 3 is 2.22 bits per heavy atom. The van der Waals surface area contributed by atoms with Crippen LogP contribution in [0.15, 0.2) is 24.3 Å². The van der Waals surface area contributed by atoms with Crippen LogP contribution < -0.4 is 14.8 Å². The molecule has 0 spiro atoms. The van der Waals surface area contributed by atoms with E-state index in [4.69, 9.17) is 9.47 Å². The summed E-state index contributed by atoms with van der Waals surface area (Å²) in [6.07, 6.45) is 1.35. The maximum Gasteiger partial charge on any atom is 0.120 e. The Balaban J connectivity index is 2.53. The van der Waals surface area contributed by atoms with Crippen LogP contribution in [0.2, 0.25) is 0 Å². The number of methoxy groups -OCH3 is 1. The van der Waals surface area contributed by atoms with Crippen LogP contribution in [0.5, 0.6) is 11.5 Å². The molecular weight excluding hydrogens is 226 g/mol. The third-order valence-corrected chi connectivity index (χ3v) is 2.86. The van der Waals surface area contributed by atoms with Gasteiger partial charge in [0.15, 0.2) is 0 Å². The molecule has 1 aromatic rings. The summed E-state index contributed by atoms with van der Waals surface area (Å²) in [5, 5.41) is 3.41. The van der Waals surface area contributed by atoms with E-state index in [0.29, 0.717) is 5.92 Å². The maximum atomic E-state index is 6.00. The molecule has 0 heterocycles. The van der Waals surface area contributed by atoms with E-state index >= 15 is 0 Å². The Morgan fingerprint density at radius 2 is 1.72 bits per heavy atom. The number of hydrogen-bond donors (Lipinski definition) is 1. The van der Waals surface area contributed by atoms with Gasteiger partial charge in [-0.1, -0.05) is 20.8 Å². The minimum Gasteiger partial charge on any atom is -0.497 e. The Kier molecular flexibility index (Phi) is 6.58. The van der Waals surface area contributed by atoms with Gasteiger partial charge < -0.3 is 14.8 Å². The fourth-order valence-electron chi connectivity index (χ4n) is 1.66. The summed E-state index contributed by atoms with van der Waals surface area (Å²) in [5.74, 6) is 2.23. The summed E-state index contributed by atoms with van der Waals surface area (Å²) in [6.45, 7) is 8.46. The zero-order valence-electron chi connectivity index (χ0n) is 11.9. The molecule has 3 heteroatoms. The zero-order valence-corrected chi connectivity index (χ0v) is 11.9. The van der Waals surface area contributed by atoms with Gasteiger partial charge in [-0.3, -0.25) is 0 Å². The van der Waals surface area contributed by atoms with E-state index in [1.54, 1.807) is 7.11 Å². The van der Waals surface area contributed by atoms with Crippen LogP contribution in [0, 0.1) is 5.92 Å². The maximum absolute atomic E-state index is 6.00. The topological polar surface area (TPSA) is 30.5 Å². The largest absolute Gasteiger partial charge is 0.497 e. The lowest BCUT2D eigenvalue weighted by molar-refractivity contribution is 0.149. The highest BCUT2D eigenvalue weighted by molar-refractivity contribution is 5.31. The second-order valence-corrected chi connectivity index (χ2v) is 4.78. The molecule has 0 fully saturated rings. The fourth-order valence-corrected chi connectivity index (χ4v) is 1.66. The summed E-state index contributed by atoms with van der Waals surface area (Å²) < 4.78 is 11.1. The van der Waals surface area contributed by atoms with Gasteiger partial charge in [0, 0.05) is 6.54 Å². The molecule has 1 unspecified atom stereocenters. The summed E-state index contributed by atoms with van der Waals surface area (Å²) in [4.78, 5) is 0. The van der Waals surface area contributed by atoms with Crippen LogP contribution in [0.3, 0.4) is 0 Å². The molecule has 18 heavy (non-hydrogen) atoms. The molecule has 1 atom stereocenters. The van der Waals surface area contributed by atoms with Crippen molar-refractivity contribution in [2.75, 3.05) is 20.2 Å². The van der Waals surface area contributed by atoms with Gasteiger partial charge in [0.1, 0.15) is 17.6 Å². The summed E-state index contributed by atoms with van der Waals surface area (Å²) in [7, 11) is 1.67. The highest BCUT2D eigenvalue weighted by atomic mass is 16.5. The number of rotatable bonds is 8. The molecule has 0 bridgehead atoms. The van der Waals surface area contributed by atoms with E-state index in [1.165, 1.54) is 0 Å². The number of benzene rings is 1. The van der Waals surface area contributed by atoms with Gasteiger partial charge in [-0.05, 0) is 43.1 Å². The Bertz CT molecular complexity index is 322. The van der Waals surface area contributed by atoms with E-state index in [0.717, 1.165) is 31.0 Å². The Labute approximate surface area is 110 Å². The number of ether oxygens (including phenoxy) is 2. The molecule has 1 N–H and O–H groups in total. The minimum atomic E-state index is 0.199. The first-order valence-corrected chi connectivity index (χ1v) is 6.68. The van der Waals surface area contributed by atoms with Crippen molar-refractivity contribution in [1.29, 1.82) is 0 Å². The van der Waals surface area contributed by atoms with Gasteiger partial charge in [0.25, 0.3) is 0 Å². The third-order valence-electron chi connectivity index (χ3n) is 2.86. The first-order valence-electron chi connectivity index (χ1n) is 6.68. The Morgan fingerprint density at radius 1 is 1.11 bits per heavy atom. The van der Waals surface area contributed by atoms with Gasteiger partial charge >= 0.3 is 0 Å². The van der Waals surface area contributed by atoms with Gasteiger partial charge in [-0.15, -0.1) is 0 Å². The quantitative estimate of drug-likeness (QED) is 0.720. The highest BCUT2D eigenvalue weighted by Gasteiger charge is 2.14. The average molecular weight is 251 g/mol. The first-order chi connectivity index (χ1) is 8.67. The first kappa shape index (κ1) is 14.8. The van der Waals surface area contributed by atoms with Crippen molar-refractivity contribution < 1.29 is 9.47 Å². The third kappa shape index (κ3) is 4.96. The number of hydrogen-bond acceptors (Lipinski definition) is 3. The zero-order chi connectivity index (χ0) is 13.4. The Hall–Kier alpha value is -1.22. The summed E-state index contributed by atoms with van der Waals surface area (Å²) >= 11 is 0. The van der Waals surface area contributed by atoms with Crippen LogP contribution in [-0.4, -0.2) is 26.3 Å². The number of nitrogens with one attached hydrogen (secondary N) is 1. The van der Waals surface area contributed by atoms with E-state index < -0.39 is 0 Å². The lowest BCUT2D eigenvalue weighted by atomic mass is 10.1. The van der Waals surface area contributed by atoms with Crippen LogP contribution >= 0.6 is 0 Å². The van der Waals surface area contributed by atoms with E-state index in [9.17, 15) is 0 Å². The molecule has 0 aliphatic heterocycles. The highest BCUT2D eigenvalue weighted by Crippen LogP contribution is 2.19. The standard InChI is InChI=1S/C15H25NO2/c1-5-10-16-11-15(12(2)3)18-14-8-6-13(17-4)7-9-14/h6-9,12,15-16H,5,10-11H2,1-4H3. The normalized spacial score (nSPS) is 12.5. The van der Waals surface area contributed by atoms with Crippen molar-refractivity contribution in [1.82, 2.24) is 5.32 Å². The molecule has 102 valence electrons. The molecule has 3 nitrogen and oxygen atoms in total. The molecule has 1 aromatic carbocycles. The van der Waals surface area contributed by atoms with Crippen molar-refractivity contribution >= 4 is 0 Å². The van der Waals surface area contributed by atoms with Crippen LogP contribution in [0.1, 0.15) is 27.2 Å². The van der Waals surface area contributed by atoms with Crippen molar-refractivity contribution in [3.8, 4) is 11.5 Å². The molecule has 0 aromatic heterocycles. The SMILES string of the molecule is CCCNCC(Oc1ccc(OC)cc1)C(C)C. The van der Waals surface area contributed by atoms with Crippen molar-refractivity contribution in [3.05, 3.63) is 24.3 Å². The molecule has 0 radical (unpaired) electrons. The van der Waals surface area contributed by atoms with Crippen LogP contribution in [-0.2, 0) is 0 Å². The van der Waals surface area contributed by atoms with Crippen LogP contribution in [0.25, 0.3) is 0 Å². The lowest BCUT2D eigenvalue weighted by Crippen LogP contribution is -2.35. The predicted molar refractivity (Wildman–Crippen MR) is 75.4 cm³/mol. The summed E-state index contributed by atoms with van der Waals surface area (Å²) in [5.41, 5.74) is 0. The van der Waals surface area contributed by atoms with Gasteiger partial charge in [0.05, 0.1) is 7.11 Å². The summed E-state index contributed by atoms with van der Waals surface area (Å²) in [6, 6.07) is 7.75. The molecule has 0 amide bonds. The van der Waals surface area contributed by atoms with Gasteiger partial charge in [0.2, 0.25) is 0 Å². The molecule has 0 saturated carbocycles. The molecular formula is C15H25NO2. The molecule has 0 saturated heterocycles. The molecule has 0 aliphatic carbocycles. The predicted octanol–water partition coefficient (Wildman–Crippen LogP) is 3.10. The average Bonchev–Trinajstić information content (AvgIpc) is 2.38. The monoisotopic (exact) mass is 251 g/mol. The van der Waals surface area contributed by atoms with Gasteiger partial charge in [-0.2, -0.15) is 0 Å². The second-order valence-electron chi connectivity index (χ2n) is 4.78. The van der Waals surface area contributed by atoms with Crippen molar-refractivity contribution in [3.63, 3.8) is 0 Å². The van der Waals surface area contributed by atoms with Crippen molar-refractivity contribution in [2.45, 2.75) is 33.3 Å².